The van der Waals surface area contributed by atoms with E-state index >= 15 is 0 Å². The van der Waals surface area contributed by atoms with Crippen molar-refractivity contribution in [1.29, 1.82) is 0 Å². The fraction of sp³-hybridized carbons (Fsp3) is 0.231. The van der Waals surface area contributed by atoms with Crippen molar-refractivity contribution in [3.05, 3.63) is 95.6 Å². The number of pyridine rings is 1. The quantitative estimate of drug-likeness (QED) is 0.322. The first-order valence-corrected chi connectivity index (χ1v) is 11.5. The van der Waals surface area contributed by atoms with Gasteiger partial charge >= 0.3 is 6.18 Å². The van der Waals surface area contributed by atoms with Gasteiger partial charge in [-0.25, -0.2) is 0 Å². The number of fused-ring (bicyclic) bond motifs is 3. The molecule has 36 heavy (non-hydrogen) atoms. The molecule has 10 heteroatoms. The fourth-order valence-electron chi connectivity index (χ4n) is 3.98. The zero-order chi connectivity index (χ0) is 25.1. The van der Waals surface area contributed by atoms with E-state index in [-0.39, 0.29) is 24.2 Å². The van der Waals surface area contributed by atoms with Gasteiger partial charge in [0.2, 0.25) is 5.88 Å². The molecule has 3 heterocycles. The van der Waals surface area contributed by atoms with E-state index in [0.29, 0.717) is 21.0 Å². The molecular formula is C26H23F3N6O. The van der Waals surface area contributed by atoms with Crippen molar-refractivity contribution in [2.45, 2.75) is 32.2 Å². The summed E-state index contributed by atoms with van der Waals surface area (Å²) < 4.78 is 46.8. The third-order valence-electron chi connectivity index (χ3n) is 5.82. The van der Waals surface area contributed by atoms with Crippen LogP contribution in [-0.4, -0.2) is 31.3 Å². The Labute approximate surface area is 205 Å². The normalized spacial score (nSPS) is 12.8. The topological polar surface area (TPSA) is 77.2 Å². The first-order chi connectivity index (χ1) is 17.4. The lowest BCUT2D eigenvalue weighted by molar-refractivity contribution is -0.146. The molecule has 0 spiro atoms. The van der Waals surface area contributed by atoms with Crippen molar-refractivity contribution in [1.82, 2.24) is 30.1 Å². The van der Waals surface area contributed by atoms with Gasteiger partial charge in [-0.2, -0.15) is 17.7 Å². The van der Waals surface area contributed by atoms with E-state index in [1.54, 1.807) is 30.3 Å². The number of nitrogens with zero attached hydrogens (tertiary/aromatic N) is 5. The van der Waals surface area contributed by atoms with E-state index < -0.39 is 12.0 Å². The van der Waals surface area contributed by atoms with E-state index in [4.69, 9.17) is 4.74 Å². The van der Waals surface area contributed by atoms with Crippen LogP contribution in [0.1, 0.15) is 35.7 Å². The molecule has 1 atom stereocenters. The summed E-state index contributed by atoms with van der Waals surface area (Å²) in [6.07, 6.45) is -3.80. The molecular weight excluding hydrogens is 469 g/mol. The minimum Gasteiger partial charge on any atom is -0.470 e. The molecule has 0 unspecified atom stereocenters. The summed E-state index contributed by atoms with van der Waals surface area (Å²) in [5, 5.41) is 15.6. The van der Waals surface area contributed by atoms with E-state index in [2.05, 4.69) is 37.7 Å². The first-order valence-electron chi connectivity index (χ1n) is 11.5. The van der Waals surface area contributed by atoms with Gasteiger partial charge in [0.15, 0.2) is 5.65 Å². The number of halogens is 3. The van der Waals surface area contributed by atoms with Gasteiger partial charge < -0.3 is 10.1 Å². The molecule has 0 fully saturated rings. The van der Waals surface area contributed by atoms with Crippen molar-refractivity contribution in [3.63, 3.8) is 0 Å². The van der Waals surface area contributed by atoms with Crippen molar-refractivity contribution in [2.75, 3.05) is 6.54 Å². The maximum Gasteiger partial charge on any atom is 0.453 e. The summed E-state index contributed by atoms with van der Waals surface area (Å²) in [6.45, 7) is 2.87. The lowest BCUT2D eigenvalue weighted by atomic mass is 10.1. The zero-order valence-electron chi connectivity index (χ0n) is 19.4. The zero-order valence-corrected chi connectivity index (χ0v) is 19.4. The highest BCUT2D eigenvalue weighted by Crippen LogP contribution is 2.32. The molecule has 0 saturated carbocycles. The Morgan fingerprint density at radius 1 is 0.917 bits per heavy atom. The van der Waals surface area contributed by atoms with Gasteiger partial charge in [0, 0.05) is 16.8 Å². The van der Waals surface area contributed by atoms with Crippen LogP contribution in [0.3, 0.4) is 0 Å². The van der Waals surface area contributed by atoms with Crippen LogP contribution in [0.4, 0.5) is 13.2 Å². The Bertz CT molecular complexity index is 1490. The largest absolute Gasteiger partial charge is 0.470 e. The van der Waals surface area contributed by atoms with Crippen molar-refractivity contribution in [3.8, 4) is 5.88 Å². The van der Waals surface area contributed by atoms with E-state index in [9.17, 15) is 13.2 Å². The Morgan fingerprint density at radius 2 is 1.67 bits per heavy atom. The van der Waals surface area contributed by atoms with Crippen LogP contribution in [0.2, 0.25) is 0 Å². The number of alkyl halides is 3. The van der Waals surface area contributed by atoms with Crippen LogP contribution < -0.4 is 10.1 Å². The predicted octanol–water partition coefficient (Wildman–Crippen LogP) is 5.16. The number of ether oxygens (including phenoxy) is 1. The molecule has 5 rings (SSSR count). The van der Waals surface area contributed by atoms with Crippen LogP contribution in [0.5, 0.6) is 5.88 Å². The van der Waals surface area contributed by atoms with Crippen LogP contribution in [0, 0.1) is 0 Å². The second kappa shape index (κ2) is 9.90. The molecule has 2 aromatic carbocycles. The van der Waals surface area contributed by atoms with Gasteiger partial charge in [0.05, 0.1) is 11.4 Å². The Balaban J connectivity index is 1.33. The molecule has 7 nitrogen and oxygen atoms in total. The van der Waals surface area contributed by atoms with Gasteiger partial charge in [-0.05, 0) is 43.7 Å². The van der Waals surface area contributed by atoms with Gasteiger partial charge in [-0.1, -0.05) is 54.6 Å². The third kappa shape index (κ3) is 4.99. The summed E-state index contributed by atoms with van der Waals surface area (Å²) in [4.78, 5) is 4.68. The van der Waals surface area contributed by atoms with Crippen LogP contribution in [0.15, 0.2) is 72.8 Å². The molecule has 0 amide bonds. The molecule has 0 radical (unpaired) electrons. The average Bonchev–Trinajstić information content (AvgIpc) is 3.33. The molecule has 5 aromatic rings. The summed E-state index contributed by atoms with van der Waals surface area (Å²) in [7, 11) is 0. The Hall–Kier alpha value is -4.05. The summed E-state index contributed by atoms with van der Waals surface area (Å²) in [5.74, 6) is -1.16. The number of hydrogen-bond acceptors (Lipinski definition) is 6. The molecule has 3 aromatic heterocycles. The van der Waals surface area contributed by atoms with E-state index in [0.717, 1.165) is 18.7 Å². The minimum atomic E-state index is -4.70. The number of aromatic nitrogens is 5. The molecule has 0 aliphatic heterocycles. The smallest absolute Gasteiger partial charge is 0.453 e. The van der Waals surface area contributed by atoms with Gasteiger partial charge in [-0.15, -0.1) is 15.3 Å². The van der Waals surface area contributed by atoms with Crippen LogP contribution in [0.25, 0.3) is 16.4 Å². The highest BCUT2D eigenvalue weighted by atomic mass is 19.4. The second-order valence-electron chi connectivity index (χ2n) is 8.36. The standard InChI is InChI=1S/C26H23F3N6O/c1-17(30-15-14-18-8-3-2-4-9-18)22-13-7-10-19(31-22)16-36-24-21-12-6-5-11-20(21)23-32-33-25(26(27,28)29)35(23)34-24/h2-13,17,30H,14-16H2,1H3/t17-/m1/s1. The van der Waals surface area contributed by atoms with Crippen LogP contribution >= 0.6 is 0 Å². The first kappa shape index (κ1) is 23.7. The number of hydrogen-bond donors (Lipinski definition) is 1. The average molecular weight is 493 g/mol. The Kier molecular flexibility index (Phi) is 6.51. The van der Waals surface area contributed by atoms with Gasteiger partial charge in [0.1, 0.15) is 6.61 Å². The lowest BCUT2D eigenvalue weighted by Gasteiger charge is -2.15. The SMILES string of the molecule is C[C@@H](NCCc1ccccc1)c1cccc(COc2nn3c(C(F)(F)F)nnc3c3ccccc23)n1. The van der Waals surface area contributed by atoms with Crippen molar-refractivity contribution >= 4 is 16.4 Å². The van der Waals surface area contributed by atoms with E-state index in [1.807, 2.05) is 37.3 Å². The highest BCUT2D eigenvalue weighted by molar-refractivity contribution is 5.96. The van der Waals surface area contributed by atoms with E-state index in [1.165, 1.54) is 5.56 Å². The lowest BCUT2D eigenvalue weighted by Crippen LogP contribution is -2.22. The second-order valence-corrected chi connectivity index (χ2v) is 8.36. The molecule has 184 valence electrons. The number of rotatable bonds is 8. The maximum atomic E-state index is 13.4. The minimum absolute atomic E-state index is 0.00957. The summed E-state index contributed by atoms with van der Waals surface area (Å²) in [5.41, 5.74) is 2.75. The summed E-state index contributed by atoms with van der Waals surface area (Å²) >= 11 is 0. The van der Waals surface area contributed by atoms with Gasteiger partial charge in [0.25, 0.3) is 5.82 Å². The number of benzene rings is 2. The van der Waals surface area contributed by atoms with Crippen LogP contribution in [-0.2, 0) is 19.2 Å². The van der Waals surface area contributed by atoms with Gasteiger partial charge in [-0.3, -0.25) is 4.98 Å². The molecule has 0 aliphatic carbocycles. The fourth-order valence-corrected chi connectivity index (χ4v) is 3.98. The number of nitrogens with one attached hydrogen (secondary N) is 1. The molecule has 0 bridgehead atoms. The Morgan fingerprint density at radius 3 is 2.44 bits per heavy atom. The monoisotopic (exact) mass is 492 g/mol. The third-order valence-corrected chi connectivity index (χ3v) is 5.82. The van der Waals surface area contributed by atoms with Crippen molar-refractivity contribution < 1.29 is 17.9 Å². The maximum absolute atomic E-state index is 13.4. The van der Waals surface area contributed by atoms with Crippen molar-refractivity contribution in [2.24, 2.45) is 0 Å². The predicted molar refractivity (Wildman–Crippen MR) is 128 cm³/mol. The molecule has 1 N–H and O–H groups in total. The summed E-state index contributed by atoms with van der Waals surface area (Å²) in [6, 6.07) is 22.7. The molecule has 0 aliphatic rings. The molecule has 0 saturated heterocycles. The highest BCUT2D eigenvalue weighted by Gasteiger charge is 2.38.